The lowest BCUT2D eigenvalue weighted by Gasteiger charge is -2.45. The first-order valence-corrected chi connectivity index (χ1v) is 25.2. The molecule has 2 aliphatic heterocycles. The first-order valence-electron chi connectivity index (χ1n) is 25.2. The Bertz CT molecular complexity index is 3340. The molecule has 1 aromatic heterocycles. The van der Waals surface area contributed by atoms with E-state index in [2.05, 4.69) is 269 Å². The van der Waals surface area contributed by atoms with Gasteiger partial charge in [0.1, 0.15) is 5.58 Å². The van der Waals surface area contributed by atoms with Gasteiger partial charge >= 0.3 is 0 Å². The molecular formula is C65H66BN3O. The van der Waals surface area contributed by atoms with E-state index in [0.29, 0.717) is 0 Å². The van der Waals surface area contributed by atoms with E-state index in [1.54, 1.807) is 0 Å². The standard InChI is InChI=1S/C65H66BN3O/c1-41-19-17-22-50-51-23-18-24-56(61(51)70-60(41)50)67(46-20-15-14-16-21-46)49-39-57-59-58(40-49)69(48-33-27-43(28-34-48)63(5,6)7)55-36-30-45(65(11,12)13)38-53(55)66(59)52-37-44(64(8,9)10)29-35-54(52)68(57)47-31-25-42(26-32-47)62(2,3)4/h14-40H,1-13H3. The number of aryl methyl sites for hydroxylation is 1. The highest BCUT2D eigenvalue weighted by molar-refractivity contribution is 7.00. The van der Waals surface area contributed by atoms with Crippen molar-refractivity contribution in [1.29, 1.82) is 0 Å². The number of hydrogen-bond acceptors (Lipinski definition) is 4. The van der Waals surface area contributed by atoms with Crippen LogP contribution in [0.3, 0.4) is 0 Å². The van der Waals surface area contributed by atoms with Crippen molar-refractivity contribution in [3.05, 3.63) is 192 Å². The highest BCUT2D eigenvalue weighted by atomic mass is 16.3. The third-order valence-electron chi connectivity index (χ3n) is 15.0. The Labute approximate surface area is 416 Å². The molecule has 0 aliphatic carbocycles. The zero-order valence-corrected chi connectivity index (χ0v) is 43.4. The van der Waals surface area contributed by atoms with Crippen LogP contribution in [-0.2, 0) is 21.7 Å². The largest absolute Gasteiger partial charge is 0.454 e. The number of para-hydroxylation sites is 3. The zero-order chi connectivity index (χ0) is 49.2. The van der Waals surface area contributed by atoms with E-state index in [9.17, 15) is 0 Å². The van der Waals surface area contributed by atoms with Gasteiger partial charge in [0.2, 0.25) is 0 Å². The van der Waals surface area contributed by atoms with Crippen LogP contribution >= 0.6 is 0 Å². The van der Waals surface area contributed by atoms with Crippen LogP contribution in [0.4, 0.5) is 51.2 Å². The number of benzene rings is 8. The van der Waals surface area contributed by atoms with Crippen LogP contribution in [0.2, 0.25) is 0 Å². The number of nitrogens with zero attached hydrogens (tertiary/aromatic N) is 3. The summed E-state index contributed by atoms with van der Waals surface area (Å²) < 4.78 is 7.00. The fraction of sp³-hybridized carbons (Fsp3) is 0.262. The first-order chi connectivity index (χ1) is 33.2. The predicted molar refractivity (Wildman–Crippen MR) is 302 cm³/mol. The average Bonchev–Trinajstić information content (AvgIpc) is 3.71. The quantitative estimate of drug-likeness (QED) is 0.161. The van der Waals surface area contributed by atoms with Gasteiger partial charge in [0.25, 0.3) is 6.71 Å². The van der Waals surface area contributed by atoms with Crippen molar-refractivity contribution >= 4 is 96.2 Å². The fourth-order valence-corrected chi connectivity index (χ4v) is 11.0. The van der Waals surface area contributed by atoms with Crippen molar-refractivity contribution in [2.45, 2.75) is 112 Å². The molecule has 0 atom stereocenters. The van der Waals surface area contributed by atoms with Crippen LogP contribution < -0.4 is 31.1 Å². The molecule has 0 spiro atoms. The van der Waals surface area contributed by atoms with E-state index in [4.69, 9.17) is 4.42 Å². The van der Waals surface area contributed by atoms with E-state index in [1.807, 2.05) is 0 Å². The third-order valence-corrected chi connectivity index (χ3v) is 15.0. The minimum atomic E-state index is -0.0564. The molecule has 3 heterocycles. The molecule has 70 heavy (non-hydrogen) atoms. The molecule has 9 aromatic rings. The summed E-state index contributed by atoms with van der Waals surface area (Å²) in [5.74, 6) is 0. The van der Waals surface area contributed by atoms with Gasteiger partial charge in [-0.05, 0) is 140 Å². The van der Waals surface area contributed by atoms with Crippen molar-refractivity contribution in [1.82, 2.24) is 0 Å². The summed E-state index contributed by atoms with van der Waals surface area (Å²) in [6, 6.07) is 62.1. The molecule has 2 aliphatic rings. The molecule has 8 aromatic carbocycles. The number of furan rings is 1. The van der Waals surface area contributed by atoms with Gasteiger partial charge in [0, 0.05) is 50.6 Å². The van der Waals surface area contributed by atoms with Gasteiger partial charge in [0.05, 0.1) is 11.4 Å². The lowest BCUT2D eigenvalue weighted by atomic mass is 9.33. The van der Waals surface area contributed by atoms with Gasteiger partial charge < -0.3 is 19.1 Å². The minimum absolute atomic E-state index is 0.00797. The molecule has 350 valence electrons. The van der Waals surface area contributed by atoms with Crippen molar-refractivity contribution in [2.24, 2.45) is 0 Å². The minimum Gasteiger partial charge on any atom is -0.454 e. The fourth-order valence-electron chi connectivity index (χ4n) is 11.0. The third kappa shape index (κ3) is 7.52. The predicted octanol–water partition coefficient (Wildman–Crippen LogP) is 16.6. The van der Waals surface area contributed by atoms with Crippen LogP contribution in [0.15, 0.2) is 168 Å². The molecule has 0 unspecified atom stereocenters. The van der Waals surface area contributed by atoms with Crippen molar-refractivity contribution in [2.75, 3.05) is 14.7 Å². The monoisotopic (exact) mass is 916 g/mol. The summed E-state index contributed by atoms with van der Waals surface area (Å²) in [6.07, 6.45) is 0. The maximum absolute atomic E-state index is 7.00. The summed E-state index contributed by atoms with van der Waals surface area (Å²) in [6.45, 7) is 29.9. The Hall–Kier alpha value is -6.98. The molecule has 0 N–H and O–H groups in total. The lowest BCUT2D eigenvalue weighted by molar-refractivity contribution is 0.590. The summed E-state index contributed by atoms with van der Waals surface area (Å²) in [5, 5.41) is 2.23. The number of rotatable bonds is 5. The Kier molecular flexibility index (Phi) is 10.4. The van der Waals surface area contributed by atoms with Gasteiger partial charge in [-0.3, -0.25) is 0 Å². The second-order valence-corrected chi connectivity index (χ2v) is 24.0. The molecule has 0 fully saturated rings. The molecule has 0 saturated heterocycles. The maximum Gasteiger partial charge on any atom is 0.252 e. The Morgan fingerprint density at radius 3 is 1.31 bits per heavy atom. The summed E-state index contributed by atoms with van der Waals surface area (Å²) in [5.41, 5.74) is 22.1. The highest BCUT2D eigenvalue weighted by Crippen LogP contribution is 2.50. The average molecular weight is 916 g/mol. The van der Waals surface area contributed by atoms with E-state index >= 15 is 0 Å². The first kappa shape index (κ1) is 45.5. The Balaban J connectivity index is 1.28. The van der Waals surface area contributed by atoms with Gasteiger partial charge in [-0.15, -0.1) is 0 Å². The zero-order valence-electron chi connectivity index (χ0n) is 43.4. The number of anilines is 9. The summed E-state index contributed by atoms with van der Waals surface area (Å²) in [7, 11) is 0. The second-order valence-electron chi connectivity index (χ2n) is 24.0. The van der Waals surface area contributed by atoms with Gasteiger partial charge in [-0.25, -0.2) is 0 Å². The van der Waals surface area contributed by atoms with Gasteiger partial charge in [-0.2, -0.15) is 0 Å². The van der Waals surface area contributed by atoms with Crippen molar-refractivity contribution in [3.8, 4) is 0 Å². The Morgan fingerprint density at radius 1 is 0.400 bits per heavy atom. The van der Waals surface area contributed by atoms with E-state index < -0.39 is 0 Å². The summed E-state index contributed by atoms with van der Waals surface area (Å²) in [4.78, 5) is 7.53. The molecule has 0 saturated carbocycles. The maximum atomic E-state index is 7.00. The number of hydrogen-bond donors (Lipinski definition) is 0. The van der Waals surface area contributed by atoms with Crippen LogP contribution in [0.25, 0.3) is 21.9 Å². The lowest BCUT2D eigenvalue weighted by Crippen LogP contribution is -2.61. The molecular weight excluding hydrogens is 850 g/mol. The molecule has 0 bridgehead atoms. The van der Waals surface area contributed by atoms with Gasteiger partial charge in [0.15, 0.2) is 5.58 Å². The normalized spacial score (nSPS) is 13.7. The van der Waals surface area contributed by atoms with Crippen LogP contribution in [0.5, 0.6) is 0 Å². The smallest absolute Gasteiger partial charge is 0.252 e. The molecule has 5 heteroatoms. The number of fused-ring (bicyclic) bond motifs is 7. The second kappa shape index (κ2) is 16.0. The van der Waals surface area contributed by atoms with Crippen LogP contribution in [0, 0.1) is 6.92 Å². The van der Waals surface area contributed by atoms with Crippen molar-refractivity contribution in [3.63, 3.8) is 0 Å². The van der Waals surface area contributed by atoms with E-state index in [1.165, 1.54) is 50.0 Å². The molecule has 0 amide bonds. The summed E-state index contributed by atoms with van der Waals surface area (Å²) >= 11 is 0. The highest BCUT2D eigenvalue weighted by Gasteiger charge is 2.45. The van der Waals surface area contributed by atoms with E-state index in [0.717, 1.165) is 67.3 Å². The topological polar surface area (TPSA) is 22.9 Å². The Morgan fingerprint density at radius 2 is 0.843 bits per heavy atom. The van der Waals surface area contributed by atoms with E-state index in [-0.39, 0.29) is 28.4 Å². The SMILES string of the molecule is Cc1cccc2c1oc1c(N(c3ccccc3)c3cc4c5c(c3)N(c3ccc(C(C)(C)C)cc3)c3ccc(C(C)(C)C)cc3B5c3cc(C(C)(C)C)ccc3N4c3ccc(C(C)(C)C)cc3)cccc12. The van der Waals surface area contributed by atoms with Crippen LogP contribution in [-0.4, -0.2) is 6.71 Å². The van der Waals surface area contributed by atoms with Crippen molar-refractivity contribution < 1.29 is 4.42 Å². The molecule has 4 nitrogen and oxygen atoms in total. The molecule has 11 rings (SSSR count). The molecule has 0 radical (unpaired) electrons. The van der Waals surface area contributed by atoms with Crippen LogP contribution in [0.1, 0.15) is 111 Å². The van der Waals surface area contributed by atoms with Gasteiger partial charge in [-0.1, -0.05) is 180 Å².